The molecular formula is C16H20N2O7. The second-order valence-corrected chi connectivity index (χ2v) is 4.63. The van der Waals surface area contributed by atoms with E-state index in [1.165, 1.54) is 34.3 Å². The average Bonchev–Trinajstić information content (AvgIpc) is 2.61. The van der Waals surface area contributed by atoms with Gasteiger partial charge in [-0.05, 0) is 23.8 Å². The highest BCUT2D eigenvalue weighted by Crippen LogP contribution is 2.38. The zero-order valence-electron chi connectivity index (χ0n) is 14.4. The molecule has 0 bridgehead atoms. The molecule has 0 aliphatic rings. The van der Waals surface area contributed by atoms with Gasteiger partial charge in [0.15, 0.2) is 18.1 Å². The summed E-state index contributed by atoms with van der Waals surface area (Å²) in [5.41, 5.74) is 4.75. The Bertz CT molecular complexity index is 645. The normalized spacial score (nSPS) is 10.1. The van der Waals surface area contributed by atoms with Crippen LogP contribution < -0.4 is 25.1 Å². The Hall–Kier alpha value is -3.23. The maximum Gasteiger partial charge on any atom is 0.331 e. The standard InChI is InChI=1S/C16H20N2O7/c1-10(19)17-18-14(20)9-25-15(21)6-5-11-7-12(22-2)16(24-4)13(8-11)23-3/h5-8H,9H2,1-4H3,(H,17,19)(H,18,20)/b6-5+. The van der Waals surface area contributed by atoms with Crippen molar-refractivity contribution in [1.82, 2.24) is 10.9 Å². The fourth-order valence-electron chi connectivity index (χ4n) is 1.74. The fraction of sp³-hybridized carbons (Fsp3) is 0.312. The molecule has 1 aromatic rings. The molecule has 25 heavy (non-hydrogen) atoms. The molecule has 0 aliphatic heterocycles. The highest BCUT2D eigenvalue weighted by atomic mass is 16.5. The van der Waals surface area contributed by atoms with Crippen molar-refractivity contribution < 1.29 is 33.3 Å². The number of ether oxygens (including phenoxy) is 4. The van der Waals surface area contributed by atoms with E-state index < -0.39 is 24.4 Å². The minimum absolute atomic E-state index is 0.430. The summed E-state index contributed by atoms with van der Waals surface area (Å²) >= 11 is 0. The lowest BCUT2D eigenvalue weighted by Crippen LogP contribution is -2.42. The number of rotatable bonds is 7. The third kappa shape index (κ3) is 6.42. The van der Waals surface area contributed by atoms with E-state index in [1.807, 2.05) is 0 Å². The molecule has 1 aromatic carbocycles. The largest absolute Gasteiger partial charge is 0.493 e. The molecule has 0 fully saturated rings. The first-order valence-electron chi connectivity index (χ1n) is 7.11. The predicted molar refractivity (Wildman–Crippen MR) is 88.1 cm³/mol. The molecule has 136 valence electrons. The first-order chi connectivity index (χ1) is 11.9. The van der Waals surface area contributed by atoms with Gasteiger partial charge in [-0.25, -0.2) is 4.79 Å². The van der Waals surface area contributed by atoms with Crippen LogP contribution >= 0.6 is 0 Å². The molecule has 0 saturated carbocycles. The van der Waals surface area contributed by atoms with Crippen LogP contribution in [0.2, 0.25) is 0 Å². The van der Waals surface area contributed by atoms with Gasteiger partial charge in [-0.15, -0.1) is 0 Å². The van der Waals surface area contributed by atoms with Crippen LogP contribution in [0.5, 0.6) is 17.2 Å². The fourth-order valence-corrected chi connectivity index (χ4v) is 1.74. The van der Waals surface area contributed by atoms with Crippen LogP contribution in [0.15, 0.2) is 18.2 Å². The highest BCUT2D eigenvalue weighted by Gasteiger charge is 2.12. The van der Waals surface area contributed by atoms with Gasteiger partial charge < -0.3 is 18.9 Å². The van der Waals surface area contributed by atoms with Gasteiger partial charge in [0.1, 0.15) is 0 Å². The lowest BCUT2D eigenvalue weighted by atomic mass is 10.1. The summed E-state index contributed by atoms with van der Waals surface area (Å²) < 4.78 is 20.4. The summed E-state index contributed by atoms with van der Waals surface area (Å²) in [5.74, 6) is -0.535. The van der Waals surface area contributed by atoms with Crippen molar-refractivity contribution in [3.05, 3.63) is 23.8 Å². The van der Waals surface area contributed by atoms with Gasteiger partial charge in [0.05, 0.1) is 21.3 Å². The average molecular weight is 352 g/mol. The van der Waals surface area contributed by atoms with E-state index in [1.54, 1.807) is 12.1 Å². The quantitative estimate of drug-likeness (QED) is 0.416. The van der Waals surface area contributed by atoms with Crippen LogP contribution in [-0.4, -0.2) is 45.7 Å². The Morgan fingerprint density at radius 3 is 2.08 bits per heavy atom. The van der Waals surface area contributed by atoms with Crippen LogP contribution in [0, 0.1) is 0 Å². The Balaban J connectivity index is 2.70. The number of carbonyl (C=O) groups excluding carboxylic acids is 3. The Morgan fingerprint density at radius 2 is 1.60 bits per heavy atom. The minimum atomic E-state index is -0.730. The van der Waals surface area contributed by atoms with E-state index in [4.69, 9.17) is 18.9 Å². The SMILES string of the molecule is COc1cc(/C=C/C(=O)OCC(=O)NNC(C)=O)cc(OC)c1OC. The molecule has 2 amide bonds. The predicted octanol–water partition coefficient (Wildman–Crippen LogP) is 0.436. The molecule has 0 radical (unpaired) electrons. The number of hydrogen-bond donors (Lipinski definition) is 2. The summed E-state index contributed by atoms with van der Waals surface area (Å²) in [6.45, 7) is 0.700. The number of carbonyl (C=O) groups is 3. The maximum absolute atomic E-state index is 11.6. The monoisotopic (exact) mass is 352 g/mol. The van der Waals surface area contributed by atoms with Gasteiger partial charge in [0, 0.05) is 13.0 Å². The number of amides is 2. The van der Waals surface area contributed by atoms with Gasteiger partial charge in [-0.2, -0.15) is 0 Å². The summed E-state index contributed by atoms with van der Waals surface area (Å²) in [5, 5.41) is 0. The van der Waals surface area contributed by atoms with Crippen molar-refractivity contribution in [3.8, 4) is 17.2 Å². The number of methoxy groups -OCH3 is 3. The van der Waals surface area contributed by atoms with Crippen molar-refractivity contribution in [2.75, 3.05) is 27.9 Å². The van der Waals surface area contributed by atoms with Crippen LogP contribution in [0.25, 0.3) is 6.08 Å². The van der Waals surface area contributed by atoms with Crippen LogP contribution in [0.1, 0.15) is 12.5 Å². The van der Waals surface area contributed by atoms with Crippen molar-refractivity contribution in [1.29, 1.82) is 0 Å². The minimum Gasteiger partial charge on any atom is -0.493 e. The van der Waals surface area contributed by atoms with E-state index in [-0.39, 0.29) is 0 Å². The van der Waals surface area contributed by atoms with E-state index in [0.29, 0.717) is 22.8 Å². The molecule has 0 atom stereocenters. The molecule has 0 aliphatic carbocycles. The van der Waals surface area contributed by atoms with Gasteiger partial charge in [0.25, 0.3) is 5.91 Å². The highest BCUT2D eigenvalue weighted by molar-refractivity contribution is 5.89. The van der Waals surface area contributed by atoms with Crippen molar-refractivity contribution in [2.24, 2.45) is 0 Å². The van der Waals surface area contributed by atoms with Crippen LogP contribution in [-0.2, 0) is 19.1 Å². The van der Waals surface area contributed by atoms with E-state index >= 15 is 0 Å². The lowest BCUT2D eigenvalue weighted by Gasteiger charge is -2.12. The lowest BCUT2D eigenvalue weighted by molar-refractivity contribution is -0.144. The van der Waals surface area contributed by atoms with Crippen molar-refractivity contribution in [2.45, 2.75) is 6.92 Å². The van der Waals surface area contributed by atoms with E-state index in [2.05, 4.69) is 10.9 Å². The molecule has 0 saturated heterocycles. The molecule has 0 unspecified atom stereocenters. The number of benzene rings is 1. The van der Waals surface area contributed by atoms with Gasteiger partial charge in [-0.1, -0.05) is 0 Å². The molecule has 0 aromatic heterocycles. The van der Waals surface area contributed by atoms with Crippen molar-refractivity contribution >= 4 is 23.9 Å². The van der Waals surface area contributed by atoms with Crippen LogP contribution in [0.3, 0.4) is 0 Å². The van der Waals surface area contributed by atoms with Gasteiger partial charge in [0.2, 0.25) is 11.7 Å². The zero-order chi connectivity index (χ0) is 18.8. The third-order valence-electron chi connectivity index (χ3n) is 2.82. The number of nitrogens with one attached hydrogen (secondary N) is 2. The summed E-state index contributed by atoms with van der Waals surface area (Å²) in [7, 11) is 4.44. The van der Waals surface area contributed by atoms with E-state index in [0.717, 1.165) is 6.08 Å². The Labute approximate surface area is 144 Å². The first kappa shape index (κ1) is 19.8. The third-order valence-corrected chi connectivity index (χ3v) is 2.82. The molecule has 0 spiro atoms. The topological polar surface area (TPSA) is 112 Å². The molecule has 1 rings (SSSR count). The number of esters is 1. The van der Waals surface area contributed by atoms with Gasteiger partial charge >= 0.3 is 5.97 Å². The first-order valence-corrected chi connectivity index (χ1v) is 7.11. The molecule has 0 heterocycles. The molecule has 2 N–H and O–H groups in total. The number of hydrogen-bond acceptors (Lipinski definition) is 7. The van der Waals surface area contributed by atoms with Crippen LogP contribution in [0.4, 0.5) is 0 Å². The molecular weight excluding hydrogens is 332 g/mol. The van der Waals surface area contributed by atoms with E-state index in [9.17, 15) is 14.4 Å². The summed E-state index contributed by atoms with van der Waals surface area (Å²) in [4.78, 5) is 33.5. The summed E-state index contributed by atoms with van der Waals surface area (Å²) in [6, 6.07) is 3.29. The summed E-state index contributed by atoms with van der Waals surface area (Å²) in [6.07, 6.45) is 2.62. The Morgan fingerprint density at radius 1 is 1.00 bits per heavy atom. The number of hydrazine groups is 1. The van der Waals surface area contributed by atoms with Gasteiger partial charge in [-0.3, -0.25) is 20.4 Å². The zero-order valence-corrected chi connectivity index (χ0v) is 14.4. The second-order valence-electron chi connectivity index (χ2n) is 4.63. The maximum atomic E-state index is 11.6. The smallest absolute Gasteiger partial charge is 0.331 e. The van der Waals surface area contributed by atoms with Crippen molar-refractivity contribution in [3.63, 3.8) is 0 Å². The Kier molecular flexibility index (Phi) is 7.77. The molecule has 9 nitrogen and oxygen atoms in total. The molecule has 9 heteroatoms. The second kappa shape index (κ2) is 9.81.